The SMILES string of the molecule is Cc1cscc1NCc1cc(C)c(Br)s1. The van der Waals surface area contributed by atoms with Crippen molar-refractivity contribution in [1.29, 1.82) is 0 Å². The number of halogens is 1. The van der Waals surface area contributed by atoms with E-state index in [9.17, 15) is 0 Å². The maximum Gasteiger partial charge on any atom is 0.0731 e. The summed E-state index contributed by atoms with van der Waals surface area (Å²) in [5.74, 6) is 0. The third-order valence-electron chi connectivity index (χ3n) is 2.22. The summed E-state index contributed by atoms with van der Waals surface area (Å²) < 4.78 is 1.24. The van der Waals surface area contributed by atoms with Crippen molar-refractivity contribution in [1.82, 2.24) is 0 Å². The Labute approximate surface area is 106 Å². The van der Waals surface area contributed by atoms with Crippen molar-refractivity contribution in [2.75, 3.05) is 5.32 Å². The van der Waals surface area contributed by atoms with E-state index in [0.29, 0.717) is 0 Å². The van der Waals surface area contributed by atoms with Crippen molar-refractivity contribution in [3.8, 4) is 0 Å². The standard InChI is InChI=1S/C11H12BrNS2/c1-7-3-9(15-11(7)12)4-13-10-6-14-5-8(10)2/h3,5-6,13H,4H2,1-2H3. The van der Waals surface area contributed by atoms with Gasteiger partial charge in [0.15, 0.2) is 0 Å². The highest BCUT2D eigenvalue weighted by atomic mass is 79.9. The highest BCUT2D eigenvalue weighted by molar-refractivity contribution is 9.11. The van der Waals surface area contributed by atoms with Gasteiger partial charge in [-0.1, -0.05) is 0 Å². The van der Waals surface area contributed by atoms with Gasteiger partial charge in [-0.2, -0.15) is 0 Å². The minimum absolute atomic E-state index is 0.911. The van der Waals surface area contributed by atoms with E-state index in [2.05, 4.69) is 51.9 Å². The Bertz CT molecular complexity index is 439. The third-order valence-corrected chi connectivity index (χ3v) is 5.21. The van der Waals surface area contributed by atoms with Crippen molar-refractivity contribution >= 4 is 44.3 Å². The molecule has 15 heavy (non-hydrogen) atoms. The lowest BCUT2D eigenvalue weighted by molar-refractivity contribution is 1.18. The molecule has 0 aliphatic carbocycles. The molecule has 0 aromatic carbocycles. The average molecular weight is 302 g/mol. The van der Waals surface area contributed by atoms with Crippen molar-refractivity contribution in [3.05, 3.63) is 36.6 Å². The van der Waals surface area contributed by atoms with Crippen LogP contribution in [0.1, 0.15) is 16.0 Å². The molecule has 0 bridgehead atoms. The zero-order valence-corrected chi connectivity index (χ0v) is 11.9. The monoisotopic (exact) mass is 301 g/mol. The first kappa shape index (κ1) is 11.2. The van der Waals surface area contributed by atoms with E-state index in [1.165, 1.54) is 25.5 Å². The van der Waals surface area contributed by atoms with Crippen LogP contribution in [0.5, 0.6) is 0 Å². The van der Waals surface area contributed by atoms with Gasteiger partial charge in [-0.15, -0.1) is 22.7 Å². The van der Waals surface area contributed by atoms with Crippen molar-refractivity contribution in [3.63, 3.8) is 0 Å². The maximum absolute atomic E-state index is 3.54. The van der Waals surface area contributed by atoms with E-state index in [4.69, 9.17) is 0 Å². The first-order chi connectivity index (χ1) is 7.16. The lowest BCUT2D eigenvalue weighted by Gasteiger charge is -2.02. The molecule has 1 nitrogen and oxygen atoms in total. The van der Waals surface area contributed by atoms with Gasteiger partial charge >= 0.3 is 0 Å². The second kappa shape index (κ2) is 4.68. The third kappa shape index (κ3) is 2.62. The van der Waals surface area contributed by atoms with Crippen LogP contribution in [0, 0.1) is 13.8 Å². The van der Waals surface area contributed by atoms with Crippen LogP contribution in [0.15, 0.2) is 20.6 Å². The van der Waals surface area contributed by atoms with Crippen molar-refractivity contribution in [2.45, 2.75) is 20.4 Å². The predicted octanol–water partition coefficient (Wildman–Crippen LogP) is 4.80. The number of hydrogen-bond donors (Lipinski definition) is 1. The number of anilines is 1. The zero-order chi connectivity index (χ0) is 10.8. The van der Waals surface area contributed by atoms with Gasteiger partial charge in [0.25, 0.3) is 0 Å². The van der Waals surface area contributed by atoms with E-state index in [0.717, 1.165) is 6.54 Å². The fourth-order valence-corrected chi connectivity index (χ4v) is 3.71. The van der Waals surface area contributed by atoms with Crippen LogP contribution >= 0.6 is 38.6 Å². The summed E-state index contributed by atoms with van der Waals surface area (Å²) >= 11 is 7.08. The summed E-state index contributed by atoms with van der Waals surface area (Å²) in [6, 6.07) is 2.23. The number of thiophene rings is 2. The van der Waals surface area contributed by atoms with Crippen LogP contribution < -0.4 is 5.32 Å². The van der Waals surface area contributed by atoms with Gasteiger partial charge in [0.2, 0.25) is 0 Å². The molecule has 0 unspecified atom stereocenters. The quantitative estimate of drug-likeness (QED) is 0.858. The first-order valence-corrected chi connectivity index (χ1v) is 7.23. The molecule has 1 N–H and O–H groups in total. The first-order valence-electron chi connectivity index (χ1n) is 4.68. The van der Waals surface area contributed by atoms with Crippen LogP contribution in [0.25, 0.3) is 0 Å². The Hall–Kier alpha value is -0.320. The van der Waals surface area contributed by atoms with Gasteiger partial charge in [0, 0.05) is 22.5 Å². The van der Waals surface area contributed by atoms with E-state index in [1.54, 1.807) is 22.7 Å². The van der Waals surface area contributed by atoms with Gasteiger partial charge in [-0.05, 0) is 52.4 Å². The van der Waals surface area contributed by atoms with Crippen LogP contribution in [-0.4, -0.2) is 0 Å². The zero-order valence-electron chi connectivity index (χ0n) is 8.63. The minimum atomic E-state index is 0.911. The molecule has 0 aliphatic heterocycles. The maximum atomic E-state index is 3.54. The normalized spacial score (nSPS) is 10.6. The molecule has 2 rings (SSSR count). The Morgan fingerprint density at radius 1 is 1.27 bits per heavy atom. The Kier molecular flexibility index (Phi) is 3.49. The Balaban J connectivity index is 2.02. The number of nitrogens with one attached hydrogen (secondary N) is 1. The molecule has 0 saturated carbocycles. The molecule has 4 heteroatoms. The molecule has 0 atom stereocenters. The second-order valence-electron chi connectivity index (χ2n) is 3.49. The van der Waals surface area contributed by atoms with E-state index >= 15 is 0 Å². The predicted molar refractivity (Wildman–Crippen MR) is 73.1 cm³/mol. The number of hydrogen-bond acceptors (Lipinski definition) is 3. The second-order valence-corrected chi connectivity index (χ2v) is 6.69. The Morgan fingerprint density at radius 2 is 2.07 bits per heavy atom. The van der Waals surface area contributed by atoms with Gasteiger partial charge in [-0.3, -0.25) is 0 Å². The topological polar surface area (TPSA) is 12.0 Å². The van der Waals surface area contributed by atoms with Gasteiger partial charge in [-0.25, -0.2) is 0 Å². The summed E-state index contributed by atoms with van der Waals surface area (Å²) in [7, 11) is 0. The van der Waals surface area contributed by atoms with Crippen LogP contribution in [-0.2, 0) is 6.54 Å². The Morgan fingerprint density at radius 3 is 2.60 bits per heavy atom. The molecule has 0 amide bonds. The average Bonchev–Trinajstić information content (AvgIpc) is 2.72. The molecule has 2 heterocycles. The lowest BCUT2D eigenvalue weighted by Crippen LogP contribution is -1.96. The molecule has 2 aromatic heterocycles. The molecule has 2 aromatic rings. The van der Waals surface area contributed by atoms with Crippen LogP contribution in [0.3, 0.4) is 0 Å². The molecule has 80 valence electrons. The van der Waals surface area contributed by atoms with Crippen LogP contribution in [0.4, 0.5) is 5.69 Å². The van der Waals surface area contributed by atoms with Gasteiger partial charge in [0.05, 0.1) is 3.79 Å². The van der Waals surface area contributed by atoms with E-state index < -0.39 is 0 Å². The summed E-state index contributed by atoms with van der Waals surface area (Å²) in [5.41, 5.74) is 3.90. The van der Waals surface area contributed by atoms with Gasteiger partial charge < -0.3 is 5.32 Å². The largest absolute Gasteiger partial charge is 0.379 e. The fraction of sp³-hybridized carbons (Fsp3) is 0.273. The van der Waals surface area contributed by atoms with Crippen molar-refractivity contribution < 1.29 is 0 Å². The highest BCUT2D eigenvalue weighted by Gasteiger charge is 2.03. The number of rotatable bonds is 3. The van der Waals surface area contributed by atoms with Gasteiger partial charge in [0.1, 0.15) is 0 Å². The lowest BCUT2D eigenvalue weighted by atomic mass is 10.3. The van der Waals surface area contributed by atoms with E-state index in [-0.39, 0.29) is 0 Å². The highest BCUT2D eigenvalue weighted by Crippen LogP contribution is 2.28. The fourth-order valence-electron chi connectivity index (χ4n) is 1.33. The molecule has 0 saturated heterocycles. The molecular formula is C11H12BrNS2. The smallest absolute Gasteiger partial charge is 0.0731 e. The minimum Gasteiger partial charge on any atom is -0.379 e. The van der Waals surface area contributed by atoms with Crippen LogP contribution in [0.2, 0.25) is 0 Å². The summed E-state index contributed by atoms with van der Waals surface area (Å²) in [6.45, 7) is 5.17. The molecule has 0 fully saturated rings. The van der Waals surface area contributed by atoms with E-state index in [1.807, 2.05) is 0 Å². The summed E-state index contributed by atoms with van der Waals surface area (Å²) in [4.78, 5) is 1.37. The molecule has 0 aliphatic rings. The summed E-state index contributed by atoms with van der Waals surface area (Å²) in [6.07, 6.45) is 0. The number of aryl methyl sites for hydroxylation is 2. The van der Waals surface area contributed by atoms with Crippen molar-refractivity contribution in [2.24, 2.45) is 0 Å². The molecule has 0 spiro atoms. The molecule has 0 radical (unpaired) electrons. The summed E-state index contributed by atoms with van der Waals surface area (Å²) in [5, 5.41) is 7.77. The molecular weight excluding hydrogens is 290 g/mol.